The number of rotatable bonds is 5. The minimum atomic E-state index is -0.946. The lowest BCUT2D eigenvalue weighted by molar-refractivity contribution is -0.141. The lowest BCUT2D eigenvalue weighted by Crippen LogP contribution is -2.40. The van der Waals surface area contributed by atoms with Gasteiger partial charge in [-0.25, -0.2) is 0 Å². The fourth-order valence-electron chi connectivity index (χ4n) is 2.61. The SMILES string of the molecule is CN(C)CCc1ccc(NC(=O)C2(C)CCN(C)C2=O)cc1. The second-order valence-electron chi connectivity index (χ2n) is 6.51. The van der Waals surface area contributed by atoms with E-state index < -0.39 is 5.41 Å². The van der Waals surface area contributed by atoms with Crippen molar-refractivity contribution in [1.82, 2.24) is 9.80 Å². The summed E-state index contributed by atoms with van der Waals surface area (Å²) in [5, 5.41) is 2.87. The minimum absolute atomic E-state index is 0.104. The first kappa shape index (κ1) is 16.5. The summed E-state index contributed by atoms with van der Waals surface area (Å²) >= 11 is 0. The quantitative estimate of drug-likeness (QED) is 0.841. The molecule has 0 aliphatic carbocycles. The summed E-state index contributed by atoms with van der Waals surface area (Å²) in [5.74, 6) is -0.324. The van der Waals surface area contributed by atoms with E-state index in [9.17, 15) is 9.59 Å². The van der Waals surface area contributed by atoms with Crippen molar-refractivity contribution < 1.29 is 9.59 Å². The van der Waals surface area contributed by atoms with Crippen molar-refractivity contribution in [1.29, 1.82) is 0 Å². The van der Waals surface area contributed by atoms with Crippen molar-refractivity contribution in [2.75, 3.05) is 39.5 Å². The Labute approximate surface area is 132 Å². The highest BCUT2D eigenvalue weighted by Crippen LogP contribution is 2.32. The smallest absolute Gasteiger partial charge is 0.239 e. The topological polar surface area (TPSA) is 52.7 Å². The Morgan fingerprint density at radius 2 is 1.95 bits per heavy atom. The van der Waals surface area contributed by atoms with E-state index in [1.165, 1.54) is 5.56 Å². The highest BCUT2D eigenvalue weighted by atomic mass is 16.2. The average molecular weight is 303 g/mol. The molecular weight excluding hydrogens is 278 g/mol. The molecule has 1 unspecified atom stereocenters. The minimum Gasteiger partial charge on any atom is -0.345 e. The number of anilines is 1. The van der Waals surface area contributed by atoms with Crippen molar-refractivity contribution in [2.24, 2.45) is 5.41 Å². The first-order valence-electron chi connectivity index (χ1n) is 7.63. The van der Waals surface area contributed by atoms with Gasteiger partial charge >= 0.3 is 0 Å². The zero-order valence-electron chi connectivity index (χ0n) is 13.8. The third kappa shape index (κ3) is 3.47. The summed E-state index contributed by atoms with van der Waals surface area (Å²) in [6, 6.07) is 7.83. The van der Waals surface area contributed by atoms with Gasteiger partial charge in [0.1, 0.15) is 5.41 Å². The summed E-state index contributed by atoms with van der Waals surface area (Å²) in [5.41, 5.74) is 1.02. The van der Waals surface area contributed by atoms with Gasteiger partial charge in [-0.05, 0) is 51.6 Å². The van der Waals surface area contributed by atoms with Crippen LogP contribution in [0, 0.1) is 5.41 Å². The number of likely N-dealkylation sites (tertiary alicyclic amines) is 1. The molecule has 1 aromatic carbocycles. The lowest BCUT2D eigenvalue weighted by Gasteiger charge is -2.21. The molecule has 1 fully saturated rings. The number of likely N-dealkylation sites (N-methyl/N-ethyl adjacent to an activating group) is 1. The van der Waals surface area contributed by atoms with E-state index in [0.717, 1.165) is 18.7 Å². The molecule has 0 aromatic heterocycles. The molecule has 1 N–H and O–H groups in total. The van der Waals surface area contributed by atoms with Crippen molar-refractivity contribution in [3.8, 4) is 0 Å². The van der Waals surface area contributed by atoms with Crippen LogP contribution in [0.3, 0.4) is 0 Å². The van der Waals surface area contributed by atoms with Crippen LogP contribution >= 0.6 is 0 Å². The molecule has 1 heterocycles. The molecule has 5 heteroatoms. The number of hydrogen-bond acceptors (Lipinski definition) is 3. The number of nitrogens with one attached hydrogen (secondary N) is 1. The lowest BCUT2D eigenvalue weighted by atomic mass is 9.87. The summed E-state index contributed by atoms with van der Waals surface area (Å²) in [7, 11) is 5.83. The third-order valence-electron chi connectivity index (χ3n) is 4.33. The number of carbonyl (C=O) groups is 2. The Hall–Kier alpha value is -1.88. The van der Waals surface area contributed by atoms with Crippen molar-refractivity contribution in [3.05, 3.63) is 29.8 Å². The highest BCUT2D eigenvalue weighted by molar-refractivity contribution is 6.11. The molecule has 120 valence electrons. The number of carbonyl (C=O) groups excluding carboxylic acids is 2. The van der Waals surface area contributed by atoms with E-state index in [0.29, 0.717) is 13.0 Å². The average Bonchev–Trinajstić information content (AvgIpc) is 2.75. The standard InChI is InChI=1S/C17H25N3O2/c1-17(10-12-20(4)16(17)22)15(21)18-14-7-5-13(6-8-14)9-11-19(2)3/h5-8H,9-12H2,1-4H3,(H,18,21). The van der Waals surface area contributed by atoms with E-state index >= 15 is 0 Å². The van der Waals surface area contributed by atoms with Crippen LogP contribution in [0.1, 0.15) is 18.9 Å². The molecule has 2 rings (SSSR count). The Bertz CT molecular complexity index is 554. The fourth-order valence-corrected chi connectivity index (χ4v) is 2.61. The summed E-state index contributed by atoms with van der Waals surface area (Å²) in [6.07, 6.45) is 1.54. The second kappa shape index (κ2) is 6.48. The van der Waals surface area contributed by atoms with Crippen molar-refractivity contribution in [3.63, 3.8) is 0 Å². The number of nitrogens with zero attached hydrogens (tertiary/aromatic N) is 2. The molecule has 0 bridgehead atoms. The van der Waals surface area contributed by atoms with Gasteiger partial charge in [-0.15, -0.1) is 0 Å². The largest absolute Gasteiger partial charge is 0.345 e. The van der Waals surface area contributed by atoms with Gasteiger partial charge < -0.3 is 15.1 Å². The normalized spacial score (nSPS) is 21.5. The molecule has 0 saturated carbocycles. The van der Waals surface area contributed by atoms with Crippen LogP contribution in [0.15, 0.2) is 24.3 Å². The van der Waals surface area contributed by atoms with Crippen LogP contribution < -0.4 is 5.32 Å². The van der Waals surface area contributed by atoms with Gasteiger partial charge in [-0.3, -0.25) is 9.59 Å². The van der Waals surface area contributed by atoms with Gasteiger partial charge in [0.15, 0.2) is 0 Å². The first-order chi connectivity index (χ1) is 10.3. The molecule has 1 saturated heterocycles. The summed E-state index contributed by atoms with van der Waals surface area (Å²) in [6.45, 7) is 3.34. The predicted octanol–water partition coefficient (Wildman–Crippen LogP) is 1.60. The molecule has 1 aliphatic rings. The summed E-state index contributed by atoms with van der Waals surface area (Å²) < 4.78 is 0. The zero-order valence-corrected chi connectivity index (χ0v) is 13.8. The molecule has 22 heavy (non-hydrogen) atoms. The number of amides is 2. The van der Waals surface area contributed by atoms with Gasteiger partial charge in [0.05, 0.1) is 0 Å². The van der Waals surface area contributed by atoms with Crippen LogP contribution in [0.2, 0.25) is 0 Å². The molecule has 0 spiro atoms. The molecule has 1 aromatic rings. The molecule has 2 amide bonds. The van der Waals surface area contributed by atoms with E-state index in [-0.39, 0.29) is 11.8 Å². The zero-order chi connectivity index (χ0) is 16.3. The Kier molecular flexibility index (Phi) is 4.86. The molecule has 5 nitrogen and oxygen atoms in total. The Morgan fingerprint density at radius 1 is 1.32 bits per heavy atom. The maximum Gasteiger partial charge on any atom is 0.239 e. The highest BCUT2D eigenvalue weighted by Gasteiger charge is 2.47. The van der Waals surface area contributed by atoms with E-state index in [4.69, 9.17) is 0 Å². The van der Waals surface area contributed by atoms with E-state index in [1.807, 2.05) is 38.4 Å². The predicted molar refractivity (Wildman–Crippen MR) is 87.7 cm³/mol. The summed E-state index contributed by atoms with van der Waals surface area (Å²) in [4.78, 5) is 28.3. The van der Waals surface area contributed by atoms with Crippen LogP contribution in [0.25, 0.3) is 0 Å². The van der Waals surface area contributed by atoms with E-state index in [1.54, 1.807) is 18.9 Å². The Morgan fingerprint density at radius 3 is 2.45 bits per heavy atom. The Balaban J connectivity index is 1.99. The van der Waals surface area contributed by atoms with Crippen LogP contribution in [-0.4, -0.2) is 55.8 Å². The maximum atomic E-state index is 12.4. The molecule has 0 radical (unpaired) electrons. The van der Waals surface area contributed by atoms with E-state index in [2.05, 4.69) is 10.2 Å². The van der Waals surface area contributed by atoms with Gasteiger partial charge in [0.2, 0.25) is 11.8 Å². The molecule has 1 aliphatic heterocycles. The van der Waals surface area contributed by atoms with Crippen LogP contribution in [0.4, 0.5) is 5.69 Å². The van der Waals surface area contributed by atoms with Gasteiger partial charge in [-0.2, -0.15) is 0 Å². The number of benzene rings is 1. The number of hydrogen-bond donors (Lipinski definition) is 1. The fraction of sp³-hybridized carbons (Fsp3) is 0.529. The molecular formula is C17H25N3O2. The van der Waals surface area contributed by atoms with Crippen molar-refractivity contribution >= 4 is 17.5 Å². The first-order valence-corrected chi connectivity index (χ1v) is 7.63. The van der Waals surface area contributed by atoms with Gasteiger partial charge in [0.25, 0.3) is 0 Å². The third-order valence-corrected chi connectivity index (χ3v) is 4.33. The van der Waals surface area contributed by atoms with Crippen LogP contribution in [0.5, 0.6) is 0 Å². The second-order valence-corrected chi connectivity index (χ2v) is 6.51. The van der Waals surface area contributed by atoms with Crippen LogP contribution in [-0.2, 0) is 16.0 Å². The monoisotopic (exact) mass is 303 g/mol. The van der Waals surface area contributed by atoms with Crippen molar-refractivity contribution in [2.45, 2.75) is 19.8 Å². The maximum absolute atomic E-state index is 12.4. The van der Waals surface area contributed by atoms with Gasteiger partial charge in [0, 0.05) is 25.8 Å². The molecule has 1 atom stereocenters. The van der Waals surface area contributed by atoms with Gasteiger partial charge in [-0.1, -0.05) is 12.1 Å².